The number of nitrogens with one attached hydrogen (secondary N) is 1. The number of urea groups is 1. The van der Waals surface area contributed by atoms with Gasteiger partial charge in [0.1, 0.15) is 0 Å². The third kappa shape index (κ3) is 4.05. The van der Waals surface area contributed by atoms with Crippen LogP contribution in [0, 0.1) is 0 Å². The molecule has 0 aliphatic carbocycles. The Balaban J connectivity index is 2.10. The predicted molar refractivity (Wildman–Crippen MR) is 85.9 cm³/mol. The molecule has 5 nitrogen and oxygen atoms in total. The van der Waals surface area contributed by atoms with Crippen molar-refractivity contribution in [3.05, 3.63) is 50.6 Å². The molecular formula is C14H13BrN2O3S. The highest BCUT2D eigenvalue weighted by molar-refractivity contribution is 9.10. The van der Waals surface area contributed by atoms with E-state index in [1.54, 1.807) is 30.5 Å². The second-order valence-corrected chi connectivity index (χ2v) is 6.11. The Morgan fingerprint density at radius 1 is 1.38 bits per heavy atom. The van der Waals surface area contributed by atoms with Crippen LogP contribution in [0.2, 0.25) is 0 Å². The molecule has 0 unspecified atom stereocenters. The molecule has 0 saturated heterocycles. The van der Waals surface area contributed by atoms with Crippen molar-refractivity contribution in [3.8, 4) is 0 Å². The van der Waals surface area contributed by atoms with Gasteiger partial charge in [0.15, 0.2) is 0 Å². The Morgan fingerprint density at radius 2 is 2.14 bits per heavy atom. The first-order valence-corrected chi connectivity index (χ1v) is 7.77. The van der Waals surface area contributed by atoms with Crippen LogP contribution in [0.5, 0.6) is 0 Å². The SMILES string of the molecule is CN(Cc1ccsc1)C(=O)Nc1ccc(Br)cc1C(=O)O. The van der Waals surface area contributed by atoms with Crippen LogP contribution in [0.15, 0.2) is 39.5 Å². The molecule has 21 heavy (non-hydrogen) atoms. The van der Waals surface area contributed by atoms with Gasteiger partial charge in [0.2, 0.25) is 0 Å². The number of anilines is 1. The smallest absolute Gasteiger partial charge is 0.337 e. The molecule has 0 spiro atoms. The van der Waals surface area contributed by atoms with Crippen molar-refractivity contribution in [1.29, 1.82) is 0 Å². The summed E-state index contributed by atoms with van der Waals surface area (Å²) in [4.78, 5) is 24.8. The van der Waals surface area contributed by atoms with E-state index in [2.05, 4.69) is 21.2 Å². The number of benzene rings is 1. The number of aromatic carboxylic acids is 1. The summed E-state index contributed by atoms with van der Waals surface area (Å²) in [7, 11) is 1.66. The Kier molecular flexibility index (Phi) is 4.98. The summed E-state index contributed by atoms with van der Waals surface area (Å²) in [5.74, 6) is -1.09. The number of hydrogen-bond donors (Lipinski definition) is 2. The van der Waals surface area contributed by atoms with Gasteiger partial charge in [-0.15, -0.1) is 0 Å². The number of amides is 2. The highest BCUT2D eigenvalue weighted by atomic mass is 79.9. The minimum absolute atomic E-state index is 0.0432. The van der Waals surface area contributed by atoms with Crippen molar-refractivity contribution in [2.45, 2.75) is 6.54 Å². The maximum absolute atomic E-state index is 12.1. The van der Waals surface area contributed by atoms with E-state index in [-0.39, 0.29) is 17.3 Å². The Hall–Kier alpha value is -1.86. The summed E-state index contributed by atoms with van der Waals surface area (Å²) in [6, 6.07) is 6.28. The Labute approximate surface area is 134 Å². The maximum atomic E-state index is 12.1. The molecule has 0 radical (unpaired) electrons. The second-order valence-electron chi connectivity index (χ2n) is 4.41. The molecule has 1 heterocycles. The average molecular weight is 369 g/mol. The van der Waals surface area contributed by atoms with Crippen LogP contribution in [0.4, 0.5) is 10.5 Å². The van der Waals surface area contributed by atoms with E-state index in [9.17, 15) is 9.59 Å². The normalized spacial score (nSPS) is 10.2. The summed E-state index contributed by atoms with van der Waals surface area (Å²) >= 11 is 4.78. The molecule has 0 fully saturated rings. The predicted octanol–water partition coefficient (Wildman–Crippen LogP) is 3.87. The number of carboxylic acids is 1. The van der Waals surface area contributed by atoms with E-state index in [1.807, 2.05) is 16.8 Å². The van der Waals surface area contributed by atoms with Gasteiger partial charge in [0.05, 0.1) is 11.3 Å². The van der Waals surface area contributed by atoms with Crippen LogP contribution in [0.3, 0.4) is 0 Å². The number of halogens is 1. The zero-order chi connectivity index (χ0) is 15.4. The number of nitrogens with zero attached hydrogens (tertiary/aromatic N) is 1. The molecule has 0 bridgehead atoms. The van der Waals surface area contributed by atoms with Gasteiger partial charge in [0.25, 0.3) is 0 Å². The molecular weight excluding hydrogens is 356 g/mol. The summed E-state index contributed by atoms with van der Waals surface area (Å²) in [6.07, 6.45) is 0. The molecule has 7 heteroatoms. The van der Waals surface area contributed by atoms with Crippen LogP contribution >= 0.6 is 27.3 Å². The molecule has 110 valence electrons. The van der Waals surface area contributed by atoms with Crippen molar-refractivity contribution < 1.29 is 14.7 Å². The van der Waals surface area contributed by atoms with E-state index >= 15 is 0 Å². The van der Waals surface area contributed by atoms with Gasteiger partial charge in [-0.25, -0.2) is 9.59 Å². The van der Waals surface area contributed by atoms with Crippen LogP contribution in [-0.2, 0) is 6.54 Å². The van der Waals surface area contributed by atoms with E-state index in [0.717, 1.165) is 5.56 Å². The molecule has 2 amide bonds. The molecule has 1 aromatic heterocycles. The largest absolute Gasteiger partial charge is 0.478 e. The second kappa shape index (κ2) is 6.73. The summed E-state index contributed by atoms with van der Waals surface area (Å²) in [5, 5.41) is 15.7. The van der Waals surface area contributed by atoms with Crippen LogP contribution in [0.25, 0.3) is 0 Å². The number of carbonyl (C=O) groups is 2. The van der Waals surface area contributed by atoms with Gasteiger partial charge >= 0.3 is 12.0 Å². The zero-order valence-corrected chi connectivity index (χ0v) is 13.6. The summed E-state index contributed by atoms with van der Waals surface area (Å²) in [6.45, 7) is 0.467. The van der Waals surface area contributed by atoms with Crippen molar-refractivity contribution in [1.82, 2.24) is 4.90 Å². The lowest BCUT2D eigenvalue weighted by Gasteiger charge is -2.18. The molecule has 2 N–H and O–H groups in total. The fourth-order valence-corrected chi connectivity index (χ4v) is 2.76. The number of carbonyl (C=O) groups excluding carboxylic acids is 1. The minimum Gasteiger partial charge on any atom is -0.478 e. The van der Waals surface area contributed by atoms with Crippen molar-refractivity contribution in [2.24, 2.45) is 0 Å². The number of hydrogen-bond acceptors (Lipinski definition) is 3. The lowest BCUT2D eigenvalue weighted by molar-refractivity contribution is 0.0698. The third-order valence-corrected chi connectivity index (χ3v) is 4.03. The van der Waals surface area contributed by atoms with Gasteiger partial charge in [-0.3, -0.25) is 0 Å². The fraction of sp³-hybridized carbons (Fsp3) is 0.143. The van der Waals surface area contributed by atoms with Crippen LogP contribution in [-0.4, -0.2) is 29.1 Å². The Morgan fingerprint density at radius 3 is 2.76 bits per heavy atom. The monoisotopic (exact) mass is 368 g/mol. The van der Waals surface area contributed by atoms with E-state index in [1.165, 1.54) is 11.0 Å². The number of carboxylic acid groups (broad SMARTS) is 1. The molecule has 0 atom stereocenters. The summed E-state index contributed by atoms with van der Waals surface area (Å²) < 4.78 is 0.643. The minimum atomic E-state index is -1.09. The first-order chi connectivity index (χ1) is 9.97. The first kappa shape index (κ1) is 15.5. The highest BCUT2D eigenvalue weighted by Crippen LogP contribution is 2.21. The molecule has 0 aliphatic heterocycles. The Bertz CT molecular complexity index is 658. The topological polar surface area (TPSA) is 69.6 Å². The van der Waals surface area contributed by atoms with Crippen molar-refractivity contribution in [3.63, 3.8) is 0 Å². The van der Waals surface area contributed by atoms with Gasteiger partial charge in [-0.1, -0.05) is 15.9 Å². The first-order valence-electron chi connectivity index (χ1n) is 6.03. The molecule has 2 aromatic rings. The molecule has 0 saturated carbocycles. The molecule has 0 aliphatic rings. The quantitative estimate of drug-likeness (QED) is 0.860. The zero-order valence-electron chi connectivity index (χ0n) is 11.2. The van der Waals surface area contributed by atoms with E-state index in [0.29, 0.717) is 11.0 Å². The van der Waals surface area contributed by atoms with Gasteiger partial charge in [0, 0.05) is 18.1 Å². The number of rotatable bonds is 4. The summed E-state index contributed by atoms with van der Waals surface area (Å²) in [5.41, 5.74) is 1.35. The molecule has 1 aromatic carbocycles. The third-order valence-electron chi connectivity index (χ3n) is 2.80. The lowest BCUT2D eigenvalue weighted by atomic mass is 10.2. The standard InChI is InChI=1S/C14H13BrN2O3S/c1-17(7-9-4-5-21-8-9)14(20)16-12-3-2-10(15)6-11(12)13(18)19/h2-6,8H,7H2,1H3,(H,16,20)(H,18,19). The number of thiophene rings is 1. The van der Waals surface area contributed by atoms with Crippen molar-refractivity contribution >= 4 is 45.0 Å². The lowest BCUT2D eigenvalue weighted by Crippen LogP contribution is -2.31. The van der Waals surface area contributed by atoms with Gasteiger partial charge < -0.3 is 15.3 Å². The molecule has 2 rings (SSSR count). The van der Waals surface area contributed by atoms with E-state index < -0.39 is 5.97 Å². The van der Waals surface area contributed by atoms with E-state index in [4.69, 9.17) is 5.11 Å². The average Bonchev–Trinajstić information content (AvgIpc) is 2.93. The van der Waals surface area contributed by atoms with Crippen LogP contribution in [0.1, 0.15) is 15.9 Å². The van der Waals surface area contributed by atoms with Gasteiger partial charge in [-0.2, -0.15) is 11.3 Å². The van der Waals surface area contributed by atoms with Crippen molar-refractivity contribution in [2.75, 3.05) is 12.4 Å². The maximum Gasteiger partial charge on any atom is 0.337 e. The fourth-order valence-electron chi connectivity index (χ4n) is 1.74. The van der Waals surface area contributed by atoms with Gasteiger partial charge in [-0.05, 0) is 40.6 Å². The highest BCUT2D eigenvalue weighted by Gasteiger charge is 2.15. The van der Waals surface area contributed by atoms with Crippen LogP contribution < -0.4 is 5.32 Å².